The molecule has 0 radical (unpaired) electrons. The largest absolute Gasteiger partial charge is 0.419 e. The first-order chi connectivity index (χ1) is 10.3. The van der Waals surface area contributed by atoms with Crippen molar-refractivity contribution in [2.75, 3.05) is 31.6 Å². The number of halogens is 3. The average molecular weight is 316 g/mol. The van der Waals surface area contributed by atoms with E-state index in [4.69, 9.17) is 5.73 Å². The van der Waals surface area contributed by atoms with E-state index in [1.54, 1.807) is 11.9 Å². The van der Waals surface area contributed by atoms with Gasteiger partial charge in [-0.15, -0.1) is 0 Å². The predicted octanol–water partition coefficient (Wildman–Crippen LogP) is 1.49. The summed E-state index contributed by atoms with van der Waals surface area (Å²) < 4.78 is 39.3. The number of anilines is 1. The zero-order chi connectivity index (χ0) is 16.3. The van der Waals surface area contributed by atoms with Crippen LogP contribution >= 0.6 is 0 Å². The summed E-state index contributed by atoms with van der Waals surface area (Å²) in [6, 6.07) is 2.17. The Bertz CT molecular complexity index is 535. The molecule has 1 aromatic rings. The molecule has 1 aromatic heterocycles. The van der Waals surface area contributed by atoms with Crippen LogP contribution in [0.1, 0.15) is 18.4 Å². The molecule has 8 heteroatoms. The zero-order valence-corrected chi connectivity index (χ0v) is 12.3. The van der Waals surface area contributed by atoms with Crippen LogP contribution in [-0.2, 0) is 11.0 Å². The minimum Gasteiger partial charge on any atom is -0.369 e. The first-order valence-corrected chi connectivity index (χ1v) is 7.04. The van der Waals surface area contributed by atoms with Gasteiger partial charge in [-0.25, -0.2) is 4.98 Å². The zero-order valence-electron chi connectivity index (χ0n) is 12.3. The van der Waals surface area contributed by atoms with Crippen LogP contribution in [0, 0.1) is 0 Å². The number of amides is 1. The summed E-state index contributed by atoms with van der Waals surface area (Å²) >= 11 is 0. The Morgan fingerprint density at radius 3 is 2.91 bits per heavy atom. The molecule has 0 aromatic carbocycles. The molecule has 1 amide bonds. The van der Waals surface area contributed by atoms with Gasteiger partial charge in [-0.1, -0.05) is 0 Å². The van der Waals surface area contributed by atoms with Crippen LogP contribution in [0.15, 0.2) is 18.3 Å². The van der Waals surface area contributed by atoms with Crippen molar-refractivity contribution in [3.05, 3.63) is 23.9 Å². The molecule has 0 bridgehead atoms. The van der Waals surface area contributed by atoms with Crippen LogP contribution in [0.25, 0.3) is 0 Å². The number of carbonyl (C=O) groups is 1. The maximum atomic E-state index is 13.1. The maximum absolute atomic E-state index is 13.1. The van der Waals surface area contributed by atoms with Crippen LogP contribution in [0.4, 0.5) is 19.0 Å². The van der Waals surface area contributed by atoms with Crippen molar-refractivity contribution in [1.82, 2.24) is 9.88 Å². The van der Waals surface area contributed by atoms with E-state index in [1.165, 1.54) is 12.3 Å². The monoisotopic (exact) mass is 316 g/mol. The van der Waals surface area contributed by atoms with Gasteiger partial charge in [-0.3, -0.25) is 9.69 Å². The molecule has 0 aliphatic carbocycles. The van der Waals surface area contributed by atoms with Gasteiger partial charge in [0.1, 0.15) is 5.82 Å². The number of nitrogens with zero attached hydrogens (tertiary/aromatic N) is 3. The van der Waals surface area contributed by atoms with E-state index in [-0.39, 0.29) is 18.4 Å². The second-order valence-corrected chi connectivity index (χ2v) is 5.48. The van der Waals surface area contributed by atoms with Gasteiger partial charge < -0.3 is 10.6 Å². The summed E-state index contributed by atoms with van der Waals surface area (Å²) in [6.45, 7) is 1.34. The van der Waals surface area contributed by atoms with Crippen LogP contribution < -0.4 is 10.6 Å². The minimum absolute atomic E-state index is 0.0825. The van der Waals surface area contributed by atoms with Gasteiger partial charge in [0.05, 0.1) is 12.1 Å². The molecular weight excluding hydrogens is 297 g/mol. The number of pyridine rings is 1. The van der Waals surface area contributed by atoms with Crippen LogP contribution in [-0.4, -0.2) is 48.5 Å². The first kappa shape index (κ1) is 16.5. The van der Waals surface area contributed by atoms with Gasteiger partial charge in [-0.2, -0.15) is 13.2 Å². The van der Waals surface area contributed by atoms with E-state index in [1.807, 2.05) is 4.90 Å². The molecule has 1 atom stereocenters. The van der Waals surface area contributed by atoms with Gasteiger partial charge in [0.2, 0.25) is 5.91 Å². The van der Waals surface area contributed by atoms with Crippen molar-refractivity contribution < 1.29 is 18.0 Å². The van der Waals surface area contributed by atoms with E-state index in [9.17, 15) is 18.0 Å². The fourth-order valence-corrected chi connectivity index (χ4v) is 2.78. The second-order valence-electron chi connectivity index (χ2n) is 5.48. The number of likely N-dealkylation sites (N-methyl/N-ethyl adjacent to an activating group) is 1. The van der Waals surface area contributed by atoms with E-state index >= 15 is 0 Å². The quantitative estimate of drug-likeness (QED) is 0.914. The predicted molar refractivity (Wildman–Crippen MR) is 76.3 cm³/mol. The van der Waals surface area contributed by atoms with Crippen molar-refractivity contribution >= 4 is 11.7 Å². The molecule has 0 saturated carbocycles. The van der Waals surface area contributed by atoms with E-state index in [2.05, 4.69) is 4.98 Å². The maximum Gasteiger partial charge on any atom is 0.419 e. The smallest absolute Gasteiger partial charge is 0.369 e. The summed E-state index contributed by atoms with van der Waals surface area (Å²) in [6.07, 6.45) is -1.54. The number of alkyl halides is 3. The Balaban J connectivity index is 2.18. The number of nitrogens with two attached hydrogens (primary N) is 1. The summed E-state index contributed by atoms with van der Waals surface area (Å²) in [5, 5.41) is 0. The highest BCUT2D eigenvalue weighted by Crippen LogP contribution is 2.35. The average Bonchev–Trinajstić information content (AvgIpc) is 2.45. The van der Waals surface area contributed by atoms with Crippen molar-refractivity contribution in [3.8, 4) is 0 Å². The molecule has 1 fully saturated rings. The Morgan fingerprint density at radius 1 is 1.55 bits per heavy atom. The third kappa shape index (κ3) is 3.88. The number of rotatable bonds is 4. The molecule has 2 heterocycles. The number of hydrogen-bond donors (Lipinski definition) is 1. The molecule has 1 aliphatic heterocycles. The van der Waals surface area contributed by atoms with Gasteiger partial charge in [0.15, 0.2) is 0 Å². The Labute approximate surface area is 126 Å². The normalized spacial score (nSPS) is 19.9. The van der Waals surface area contributed by atoms with Crippen molar-refractivity contribution in [1.29, 1.82) is 0 Å². The van der Waals surface area contributed by atoms with E-state index < -0.39 is 17.6 Å². The fourth-order valence-electron chi connectivity index (χ4n) is 2.78. The molecule has 2 rings (SSSR count). The minimum atomic E-state index is -4.45. The standard InChI is InChI=1S/C14H19F3N4O/c1-20(10-4-3-7-21(8-10)9-12(18)22)13-11(14(15,16)17)5-2-6-19-13/h2,5-6,10H,3-4,7-9H2,1H3,(H2,18,22). The summed E-state index contributed by atoms with van der Waals surface area (Å²) in [4.78, 5) is 18.3. The molecule has 22 heavy (non-hydrogen) atoms. The van der Waals surface area contributed by atoms with Gasteiger partial charge >= 0.3 is 6.18 Å². The second kappa shape index (κ2) is 6.51. The highest BCUT2D eigenvalue weighted by molar-refractivity contribution is 5.75. The highest BCUT2D eigenvalue weighted by atomic mass is 19.4. The Hall–Kier alpha value is -1.83. The molecule has 2 N–H and O–H groups in total. The summed E-state index contributed by atoms with van der Waals surface area (Å²) in [5.41, 5.74) is 4.44. The third-order valence-corrected chi connectivity index (χ3v) is 3.83. The lowest BCUT2D eigenvalue weighted by Gasteiger charge is -2.38. The molecule has 1 unspecified atom stereocenters. The molecule has 1 aliphatic rings. The highest BCUT2D eigenvalue weighted by Gasteiger charge is 2.36. The lowest BCUT2D eigenvalue weighted by atomic mass is 10.0. The van der Waals surface area contributed by atoms with E-state index in [0.29, 0.717) is 6.54 Å². The SMILES string of the molecule is CN(c1ncccc1C(F)(F)F)C1CCCN(CC(N)=O)C1. The fraction of sp³-hybridized carbons (Fsp3) is 0.571. The first-order valence-electron chi connectivity index (χ1n) is 7.04. The number of primary amides is 1. The van der Waals surface area contributed by atoms with Crippen molar-refractivity contribution in [3.63, 3.8) is 0 Å². The molecule has 122 valence electrons. The number of carbonyl (C=O) groups excluding carboxylic acids is 1. The number of hydrogen-bond acceptors (Lipinski definition) is 4. The summed E-state index contributed by atoms with van der Waals surface area (Å²) in [5.74, 6) is -0.516. The topological polar surface area (TPSA) is 62.5 Å². The van der Waals surface area contributed by atoms with Crippen LogP contribution in [0.2, 0.25) is 0 Å². The number of aromatic nitrogens is 1. The lowest BCUT2D eigenvalue weighted by molar-refractivity contribution is -0.137. The summed E-state index contributed by atoms with van der Waals surface area (Å²) in [7, 11) is 1.61. The van der Waals surface area contributed by atoms with Crippen LogP contribution in [0.3, 0.4) is 0 Å². The molecule has 0 spiro atoms. The molecular formula is C14H19F3N4O. The van der Waals surface area contributed by atoms with Crippen molar-refractivity contribution in [2.45, 2.75) is 25.1 Å². The van der Waals surface area contributed by atoms with Gasteiger partial charge in [0, 0.05) is 25.8 Å². The lowest BCUT2D eigenvalue weighted by Crippen LogP contribution is -2.49. The Morgan fingerprint density at radius 2 is 2.27 bits per heavy atom. The van der Waals surface area contributed by atoms with Gasteiger partial charge in [-0.05, 0) is 31.5 Å². The molecule has 5 nitrogen and oxygen atoms in total. The van der Waals surface area contributed by atoms with Gasteiger partial charge in [0.25, 0.3) is 0 Å². The Kier molecular flexibility index (Phi) is 4.90. The third-order valence-electron chi connectivity index (χ3n) is 3.83. The van der Waals surface area contributed by atoms with E-state index in [0.717, 1.165) is 25.5 Å². The van der Waals surface area contributed by atoms with Crippen molar-refractivity contribution in [2.24, 2.45) is 5.73 Å². The number of piperidine rings is 1. The van der Waals surface area contributed by atoms with Crippen LogP contribution in [0.5, 0.6) is 0 Å². The number of likely N-dealkylation sites (tertiary alicyclic amines) is 1. The molecule has 1 saturated heterocycles.